The average Bonchev–Trinajstić information content (AvgIpc) is 3.00. The van der Waals surface area contributed by atoms with E-state index in [1.165, 1.54) is 0 Å². The summed E-state index contributed by atoms with van der Waals surface area (Å²) in [6, 6.07) is 20.4. The first kappa shape index (κ1) is 17.1. The number of para-hydroxylation sites is 2. The molecule has 4 rings (SSSR count). The molecule has 27 heavy (non-hydrogen) atoms. The fourth-order valence-corrected chi connectivity index (χ4v) is 3.36. The zero-order valence-corrected chi connectivity index (χ0v) is 15.2. The van der Waals surface area contributed by atoms with Gasteiger partial charge in [-0.15, -0.1) is 0 Å². The number of aromatic nitrogens is 2. The van der Waals surface area contributed by atoms with Crippen molar-refractivity contribution < 1.29 is 9.90 Å². The molecule has 0 atom stereocenters. The van der Waals surface area contributed by atoms with Crippen LogP contribution in [0, 0.1) is 6.92 Å². The number of aromatic carboxylic acids is 1. The Bertz CT molecular complexity index is 1150. The molecule has 0 saturated heterocycles. The normalized spacial score (nSPS) is 10.9. The van der Waals surface area contributed by atoms with E-state index < -0.39 is 5.97 Å². The van der Waals surface area contributed by atoms with E-state index in [-0.39, 0.29) is 5.56 Å². The third-order valence-electron chi connectivity index (χ3n) is 4.29. The largest absolute Gasteiger partial charge is 0.478 e. The first-order chi connectivity index (χ1) is 13.0. The van der Waals surface area contributed by atoms with Gasteiger partial charge in [-0.05, 0) is 48.9 Å². The summed E-state index contributed by atoms with van der Waals surface area (Å²) in [5.74, 6) is -0.526. The summed E-state index contributed by atoms with van der Waals surface area (Å²) in [4.78, 5) is 16.2. The number of anilines is 2. The monoisotopic (exact) mass is 377 g/mol. The van der Waals surface area contributed by atoms with E-state index in [4.69, 9.17) is 11.6 Å². The standard InChI is InChI=1S/C21H16ClN3O2/c1-13-10-11-17(16(22)12-13)25-18-9-5-8-15(20(26)27)19(18)24-21(25)23-14-6-3-2-4-7-14/h2-12H,1H3,(H,23,24)(H,26,27). The molecule has 1 aromatic heterocycles. The number of imidazole rings is 1. The van der Waals surface area contributed by atoms with E-state index in [0.717, 1.165) is 16.9 Å². The molecule has 0 spiro atoms. The Kier molecular flexibility index (Phi) is 4.30. The lowest BCUT2D eigenvalue weighted by Gasteiger charge is -2.13. The van der Waals surface area contributed by atoms with Crippen LogP contribution in [-0.4, -0.2) is 20.6 Å². The van der Waals surface area contributed by atoms with E-state index in [2.05, 4.69) is 10.3 Å². The van der Waals surface area contributed by atoms with Crippen LogP contribution in [0.5, 0.6) is 0 Å². The molecule has 134 valence electrons. The number of carboxylic acid groups (broad SMARTS) is 1. The van der Waals surface area contributed by atoms with Crippen molar-refractivity contribution in [1.82, 2.24) is 9.55 Å². The van der Waals surface area contributed by atoms with Crippen LogP contribution in [0.3, 0.4) is 0 Å². The zero-order valence-electron chi connectivity index (χ0n) is 14.5. The van der Waals surface area contributed by atoms with E-state index in [1.807, 2.05) is 66.1 Å². The number of aryl methyl sites for hydroxylation is 1. The minimum Gasteiger partial charge on any atom is -0.478 e. The fraction of sp³-hybridized carbons (Fsp3) is 0.0476. The summed E-state index contributed by atoms with van der Waals surface area (Å²) in [5.41, 5.74) is 3.82. The van der Waals surface area contributed by atoms with Gasteiger partial charge in [-0.3, -0.25) is 4.57 Å². The van der Waals surface area contributed by atoms with Gasteiger partial charge in [0.05, 0.1) is 21.8 Å². The van der Waals surface area contributed by atoms with Gasteiger partial charge in [0, 0.05) is 5.69 Å². The SMILES string of the molecule is Cc1ccc(-n2c(Nc3ccccc3)nc3c(C(=O)O)cccc32)c(Cl)c1. The second-order valence-electron chi connectivity index (χ2n) is 6.20. The van der Waals surface area contributed by atoms with E-state index in [1.54, 1.807) is 12.1 Å². The topological polar surface area (TPSA) is 67.2 Å². The molecule has 5 nitrogen and oxygen atoms in total. The van der Waals surface area contributed by atoms with Crippen LogP contribution in [0.2, 0.25) is 5.02 Å². The second-order valence-corrected chi connectivity index (χ2v) is 6.60. The van der Waals surface area contributed by atoms with Crippen molar-refractivity contribution in [2.45, 2.75) is 6.92 Å². The van der Waals surface area contributed by atoms with Gasteiger partial charge in [-0.2, -0.15) is 0 Å². The fourth-order valence-electron chi connectivity index (χ4n) is 3.04. The molecule has 3 aromatic carbocycles. The molecule has 0 unspecified atom stereocenters. The lowest BCUT2D eigenvalue weighted by molar-refractivity contribution is 0.0699. The van der Waals surface area contributed by atoms with Crippen molar-refractivity contribution in [3.05, 3.63) is 82.9 Å². The maximum absolute atomic E-state index is 11.6. The first-order valence-electron chi connectivity index (χ1n) is 8.38. The number of nitrogens with one attached hydrogen (secondary N) is 1. The number of halogens is 1. The summed E-state index contributed by atoms with van der Waals surface area (Å²) in [6.45, 7) is 1.97. The number of hydrogen-bond donors (Lipinski definition) is 2. The minimum absolute atomic E-state index is 0.144. The van der Waals surface area contributed by atoms with Crippen molar-refractivity contribution in [3.8, 4) is 5.69 Å². The third kappa shape index (κ3) is 3.13. The number of hydrogen-bond acceptors (Lipinski definition) is 3. The quantitative estimate of drug-likeness (QED) is 0.497. The highest BCUT2D eigenvalue weighted by Crippen LogP contribution is 2.32. The van der Waals surface area contributed by atoms with Crippen molar-refractivity contribution in [2.75, 3.05) is 5.32 Å². The van der Waals surface area contributed by atoms with E-state index in [9.17, 15) is 9.90 Å². The maximum Gasteiger partial charge on any atom is 0.337 e. The predicted molar refractivity (Wildman–Crippen MR) is 108 cm³/mol. The van der Waals surface area contributed by atoms with Crippen LogP contribution in [0.25, 0.3) is 16.7 Å². The van der Waals surface area contributed by atoms with Gasteiger partial charge in [0.2, 0.25) is 5.95 Å². The molecule has 0 fully saturated rings. The Morgan fingerprint density at radius 2 is 1.85 bits per heavy atom. The molecule has 1 heterocycles. The highest BCUT2D eigenvalue weighted by molar-refractivity contribution is 6.32. The molecule has 0 aliphatic rings. The smallest absolute Gasteiger partial charge is 0.337 e. The lowest BCUT2D eigenvalue weighted by atomic mass is 10.2. The minimum atomic E-state index is -1.02. The van der Waals surface area contributed by atoms with Crippen LogP contribution in [0.1, 0.15) is 15.9 Å². The van der Waals surface area contributed by atoms with E-state index in [0.29, 0.717) is 22.0 Å². The lowest BCUT2D eigenvalue weighted by Crippen LogP contribution is -2.02. The van der Waals surface area contributed by atoms with Crippen LogP contribution in [0.15, 0.2) is 66.7 Å². The Hall–Kier alpha value is -3.31. The van der Waals surface area contributed by atoms with Gasteiger partial charge >= 0.3 is 5.97 Å². The number of nitrogens with zero attached hydrogens (tertiary/aromatic N) is 2. The van der Waals surface area contributed by atoms with Crippen LogP contribution < -0.4 is 5.32 Å². The van der Waals surface area contributed by atoms with Crippen LogP contribution >= 0.6 is 11.6 Å². The summed E-state index contributed by atoms with van der Waals surface area (Å²) in [7, 11) is 0. The number of benzene rings is 3. The van der Waals surface area contributed by atoms with Crippen molar-refractivity contribution in [1.29, 1.82) is 0 Å². The first-order valence-corrected chi connectivity index (χ1v) is 8.76. The van der Waals surface area contributed by atoms with Gasteiger partial charge in [-0.1, -0.05) is 41.9 Å². The van der Waals surface area contributed by atoms with Crippen molar-refractivity contribution in [3.63, 3.8) is 0 Å². The molecule has 6 heteroatoms. The van der Waals surface area contributed by atoms with E-state index >= 15 is 0 Å². The predicted octanol–water partition coefficient (Wildman–Crippen LogP) is 5.43. The zero-order chi connectivity index (χ0) is 19.0. The van der Waals surface area contributed by atoms with Gasteiger partial charge in [0.25, 0.3) is 0 Å². The Morgan fingerprint density at radius 1 is 1.07 bits per heavy atom. The Labute approximate surface area is 160 Å². The number of fused-ring (bicyclic) bond motifs is 1. The van der Waals surface area contributed by atoms with Crippen LogP contribution in [0.4, 0.5) is 11.6 Å². The van der Waals surface area contributed by atoms with Gasteiger partial charge in [0.15, 0.2) is 0 Å². The van der Waals surface area contributed by atoms with Crippen LogP contribution in [-0.2, 0) is 0 Å². The summed E-state index contributed by atoms with van der Waals surface area (Å²) in [6.07, 6.45) is 0. The number of rotatable bonds is 4. The summed E-state index contributed by atoms with van der Waals surface area (Å²) >= 11 is 6.51. The molecule has 2 N–H and O–H groups in total. The molecule has 0 amide bonds. The highest BCUT2D eigenvalue weighted by Gasteiger charge is 2.19. The Balaban J connectivity index is 2.00. The van der Waals surface area contributed by atoms with Gasteiger partial charge < -0.3 is 10.4 Å². The van der Waals surface area contributed by atoms with Gasteiger partial charge in [0.1, 0.15) is 5.52 Å². The summed E-state index contributed by atoms with van der Waals surface area (Å²) in [5, 5.41) is 13.4. The molecule has 0 aliphatic carbocycles. The molecular weight excluding hydrogens is 362 g/mol. The average molecular weight is 378 g/mol. The highest BCUT2D eigenvalue weighted by atomic mass is 35.5. The van der Waals surface area contributed by atoms with Gasteiger partial charge in [-0.25, -0.2) is 9.78 Å². The molecule has 0 radical (unpaired) electrons. The summed E-state index contributed by atoms with van der Waals surface area (Å²) < 4.78 is 1.84. The second kappa shape index (κ2) is 6.78. The number of carbonyl (C=O) groups is 1. The molecular formula is C21H16ClN3O2. The number of carboxylic acids is 1. The molecule has 0 bridgehead atoms. The Morgan fingerprint density at radius 3 is 2.56 bits per heavy atom. The van der Waals surface area contributed by atoms with Crippen molar-refractivity contribution in [2.24, 2.45) is 0 Å². The third-order valence-corrected chi connectivity index (χ3v) is 4.59. The van der Waals surface area contributed by atoms with Crippen molar-refractivity contribution >= 4 is 40.2 Å². The molecule has 0 saturated carbocycles. The molecule has 0 aliphatic heterocycles. The maximum atomic E-state index is 11.6. The molecule has 4 aromatic rings.